The van der Waals surface area contributed by atoms with Crippen LogP contribution in [0.2, 0.25) is 5.02 Å². The first-order valence-corrected chi connectivity index (χ1v) is 7.39. The van der Waals surface area contributed by atoms with Crippen LogP contribution in [0.1, 0.15) is 10.4 Å². The van der Waals surface area contributed by atoms with Crippen molar-refractivity contribution in [1.82, 2.24) is 0 Å². The first-order valence-electron chi connectivity index (χ1n) is 6.22. The number of hydrogen-bond acceptors (Lipinski definition) is 3. The van der Waals surface area contributed by atoms with E-state index in [2.05, 4.69) is 21.2 Å². The molecule has 0 radical (unpaired) electrons. The number of nitrogens with one attached hydrogen (secondary N) is 1. The van der Waals surface area contributed by atoms with Crippen molar-refractivity contribution in [1.29, 1.82) is 0 Å². The van der Waals surface area contributed by atoms with Crippen LogP contribution in [0.4, 0.5) is 17.1 Å². The molecular formula is C15H15BrClN3O. The molecule has 0 aliphatic carbocycles. The van der Waals surface area contributed by atoms with E-state index in [0.29, 0.717) is 26.4 Å². The summed E-state index contributed by atoms with van der Waals surface area (Å²) in [6.45, 7) is 0. The van der Waals surface area contributed by atoms with E-state index in [-0.39, 0.29) is 5.91 Å². The van der Waals surface area contributed by atoms with Crippen LogP contribution in [0.5, 0.6) is 0 Å². The van der Waals surface area contributed by atoms with Crippen LogP contribution in [0, 0.1) is 0 Å². The van der Waals surface area contributed by atoms with Crippen molar-refractivity contribution in [2.24, 2.45) is 0 Å². The molecule has 2 aromatic rings. The number of hydrogen-bond donors (Lipinski definition) is 2. The molecule has 2 rings (SSSR count). The summed E-state index contributed by atoms with van der Waals surface area (Å²) in [6.07, 6.45) is 0. The Kier molecular flexibility index (Phi) is 4.75. The van der Waals surface area contributed by atoms with Gasteiger partial charge < -0.3 is 16.0 Å². The molecule has 0 saturated carbocycles. The molecule has 0 spiro atoms. The Morgan fingerprint density at radius 2 is 2.00 bits per heavy atom. The second-order valence-electron chi connectivity index (χ2n) is 4.72. The summed E-state index contributed by atoms with van der Waals surface area (Å²) >= 11 is 9.50. The van der Waals surface area contributed by atoms with Crippen LogP contribution in [-0.4, -0.2) is 20.0 Å². The molecular weight excluding hydrogens is 354 g/mol. The van der Waals surface area contributed by atoms with Gasteiger partial charge in [-0.25, -0.2) is 0 Å². The fourth-order valence-corrected chi connectivity index (χ4v) is 2.66. The molecule has 0 saturated heterocycles. The van der Waals surface area contributed by atoms with Gasteiger partial charge in [0.05, 0.1) is 16.4 Å². The molecule has 1 amide bonds. The number of carbonyl (C=O) groups excluding carboxylic acids is 1. The van der Waals surface area contributed by atoms with Gasteiger partial charge in [0, 0.05) is 29.8 Å². The van der Waals surface area contributed by atoms with Crippen molar-refractivity contribution < 1.29 is 4.79 Å². The molecule has 0 atom stereocenters. The van der Waals surface area contributed by atoms with Crippen LogP contribution < -0.4 is 16.0 Å². The molecule has 0 heterocycles. The Labute approximate surface area is 137 Å². The van der Waals surface area contributed by atoms with Crippen molar-refractivity contribution >= 4 is 50.5 Å². The highest BCUT2D eigenvalue weighted by molar-refractivity contribution is 9.10. The van der Waals surface area contributed by atoms with Crippen LogP contribution >= 0.6 is 27.5 Å². The summed E-state index contributed by atoms with van der Waals surface area (Å²) < 4.78 is 0.689. The summed E-state index contributed by atoms with van der Waals surface area (Å²) in [5.41, 5.74) is 8.25. The SMILES string of the molecule is CN(C)c1c(Cl)cccc1NC(=O)c1ccc(N)c(Br)c1. The second-order valence-corrected chi connectivity index (χ2v) is 5.98. The van der Waals surface area contributed by atoms with Gasteiger partial charge >= 0.3 is 0 Å². The van der Waals surface area contributed by atoms with E-state index in [9.17, 15) is 4.79 Å². The summed E-state index contributed by atoms with van der Waals surface area (Å²) in [7, 11) is 3.74. The fraction of sp³-hybridized carbons (Fsp3) is 0.133. The number of para-hydroxylation sites is 1. The number of halogens is 2. The average molecular weight is 369 g/mol. The quantitative estimate of drug-likeness (QED) is 0.805. The maximum atomic E-state index is 12.3. The van der Waals surface area contributed by atoms with Gasteiger partial charge in [-0.15, -0.1) is 0 Å². The van der Waals surface area contributed by atoms with Crippen LogP contribution in [0.3, 0.4) is 0 Å². The zero-order valence-corrected chi connectivity index (χ0v) is 14.0. The number of rotatable bonds is 3. The second kappa shape index (κ2) is 6.37. The van der Waals surface area contributed by atoms with Gasteiger partial charge in [-0.05, 0) is 46.3 Å². The summed E-state index contributed by atoms with van der Waals surface area (Å²) in [6, 6.07) is 10.4. The van der Waals surface area contributed by atoms with E-state index in [1.165, 1.54) is 0 Å². The monoisotopic (exact) mass is 367 g/mol. The van der Waals surface area contributed by atoms with Crippen molar-refractivity contribution in [3.05, 3.63) is 51.5 Å². The van der Waals surface area contributed by atoms with Crippen LogP contribution in [0.25, 0.3) is 0 Å². The number of anilines is 3. The van der Waals surface area contributed by atoms with Crippen molar-refractivity contribution in [3.63, 3.8) is 0 Å². The third-order valence-electron chi connectivity index (χ3n) is 2.94. The van der Waals surface area contributed by atoms with E-state index in [1.54, 1.807) is 30.3 Å². The predicted octanol–water partition coefficient (Wildman–Crippen LogP) is 4.00. The molecule has 6 heteroatoms. The molecule has 0 fully saturated rings. The Hall–Kier alpha value is -1.72. The zero-order chi connectivity index (χ0) is 15.6. The van der Waals surface area contributed by atoms with Gasteiger partial charge in [0.1, 0.15) is 0 Å². The lowest BCUT2D eigenvalue weighted by Gasteiger charge is -2.19. The maximum Gasteiger partial charge on any atom is 0.255 e. The molecule has 110 valence electrons. The molecule has 0 aromatic heterocycles. The molecule has 0 aliphatic heterocycles. The first kappa shape index (κ1) is 15.7. The smallest absolute Gasteiger partial charge is 0.255 e. The summed E-state index contributed by atoms with van der Waals surface area (Å²) in [5, 5.41) is 3.45. The minimum Gasteiger partial charge on any atom is -0.398 e. The molecule has 0 aliphatic rings. The molecule has 0 bridgehead atoms. The maximum absolute atomic E-state index is 12.3. The largest absolute Gasteiger partial charge is 0.398 e. The Morgan fingerprint density at radius 3 is 2.62 bits per heavy atom. The van der Waals surface area contributed by atoms with Gasteiger partial charge in [-0.3, -0.25) is 4.79 Å². The highest BCUT2D eigenvalue weighted by Crippen LogP contribution is 2.33. The number of nitrogen functional groups attached to an aromatic ring is 1. The standard InChI is InChI=1S/C15H15BrClN3O/c1-20(2)14-11(17)4-3-5-13(14)19-15(21)9-6-7-12(18)10(16)8-9/h3-8H,18H2,1-2H3,(H,19,21). The van der Waals surface area contributed by atoms with E-state index in [1.807, 2.05) is 25.1 Å². The van der Waals surface area contributed by atoms with Gasteiger partial charge in [0.2, 0.25) is 0 Å². The molecule has 2 aromatic carbocycles. The lowest BCUT2D eigenvalue weighted by molar-refractivity contribution is 0.102. The summed E-state index contributed by atoms with van der Waals surface area (Å²) in [4.78, 5) is 14.2. The first-order chi connectivity index (χ1) is 9.90. The Morgan fingerprint density at radius 1 is 1.29 bits per heavy atom. The Balaban J connectivity index is 2.31. The van der Waals surface area contributed by atoms with Crippen molar-refractivity contribution in [2.75, 3.05) is 30.0 Å². The van der Waals surface area contributed by atoms with E-state index >= 15 is 0 Å². The number of benzene rings is 2. The van der Waals surface area contributed by atoms with Crippen LogP contribution in [0.15, 0.2) is 40.9 Å². The molecule has 3 N–H and O–H groups in total. The lowest BCUT2D eigenvalue weighted by Crippen LogP contribution is -2.17. The Bertz CT molecular complexity index is 689. The molecule has 21 heavy (non-hydrogen) atoms. The fourth-order valence-electron chi connectivity index (χ4n) is 1.93. The lowest BCUT2D eigenvalue weighted by atomic mass is 10.2. The number of nitrogens with zero attached hydrogens (tertiary/aromatic N) is 1. The number of carbonyl (C=O) groups is 1. The van der Waals surface area contributed by atoms with Gasteiger partial charge in [0.25, 0.3) is 5.91 Å². The number of nitrogens with two attached hydrogens (primary N) is 1. The van der Waals surface area contributed by atoms with Crippen molar-refractivity contribution in [3.8, 4) is 0 Å². The highest BCUT2D eigenvalue weighted by Gasteiger charge is 2.13. The highest BCUT2D eigenvalue weighted by atomic mass is 79.9. The zero-order valence-electron chi connectivity index (χ0n) is 11.7. The number of amides is 1. The normalized spacial score (nSPS) is 10.3. The van der Waals surface area contributed by atoms with Crippen molar-refractivity contribution in [2.45, 2.75) is 0 Å². The third-order valence-corrected chi connectivity index (χ3v) is 3.94. The third kappa shape index (κ3) is 3.49. The molecule has 0 unspecified atom stereocenters. The minimum absolute atomic E-state index is 0.221. The average Bonchev–Trinajstić information content (AvgIpc) is 2.41. The summed E-state index contributed by atoms with van der Waals surface area (Å²) in [5.74, 6) is -0.221. The minimum atomic E-state index is -0.221. The van der Waals surface area contributed by atoms with Crippen LogP contribution in [-0.2, 0) is 0 Å². The van der Waals surface area contributed by atoms with E-state index < -0.39 is 0 Å². The predicted molar refractivity (Wildman–Crippen MR) is 92.3 cm³/mol. The van der Waals surface area contributed by atoms with Gasteiger partial charge in [-0.2, -0.15) is 0 Å². The topological polar surface area (TPSA) is 58.4 Å². The van der Waals surface area contributed by atoms with E-state index in [4.69, 9.17) is 17.3 Å². The molecule has 4 nitrogen and oxygen atoms in total. The van der Waals surface area contributed by atoms with Gasteiger partial charge in [-0.1, -0.05) is 17.7 Å². The van der Waals surface area contributed by atoms with E-state index in [0.717, 1.165) is 5.69 Å². The van der Waals surface area contributed by atoms with Gasteiger partial charge in [0.15, 0.2) is 0 Å².